The Morgan fingerprint density at radius 3 is 2.19 bits per heavy atom. The fourth-order valence-electron chi connectivity index (χ4n) is 3.05. The van der Waals surface area contributed by atoms with Crippen LogP contribution in [0.5, 0.6) is 0 Å². The number of aliphatic hydroxyl groups is 2. The maximum atomic E-state index is 12.1. The molecule has 2 rings (SSSR count). The molecule has 5 nitrogen and oxygen atoms in total. The molecule has 1 aliphatic rings. The fourth-order valence-corrected chi connectivity index (χ4v) is 3.05. The standard InChI is InChI=1S/C16H22O5/c1-9-12(17)13(18)15(10(2)14(9)20-3)21-16(19)11-7-5-4-6-8-11/h4-10,12-15,17-18H,1-3H3/t9-,10+,12+,13+,14+,15-/m0/s1. The Hall–Kier alpha value is -1.43. The Morgan fingerprint density at radius 1 is 1.00 bits per heavy atom. The number of rotatable bonds is 3. The van der Waals surface area contributed by atoms with E-state index in [2.05, 4.69) is 0 Å². The van der Waals surface area contributed by atoms with E-state index in [1.165, 1.54) is 0 Å². The number of carbonyl (C=O) groups is 1. The van der Waals surface area contributed by atoms with E-state index in [4.69, 9.17) is 9.47 Å². The molecule has 116 valence electrons. The SMILES string of the molecule is CO[C@H]1[C@@H](C)[C@H](OC(=O)c2ccccc2)[C@H](O)[C@H](O)[C@@H]1C. The number of carbonyl (C=O) groups excluding carboxylic acids is 1. The Labute approximate surface area is 124 Å². The van der Waals surface area contributed by atoms with Crippen molar-refractivity contribution in [1.29, 1.82) is 0 Å². The summed E-state index contributed by atoms with van der Waals surface area (Å²) in [5.41, 5.74) is 0.416. The minimum Gasteiger partial charge on any atom is -0.456 e. The summed E-state index contributed by atoms with van der Waals surface area (Å²) in [5.74, 6) is -0.953. The first-order valence-corrected chi connectivity index (χ1v) is 7.12. The first-order chi connectivity index (χ1) is 9.97. The summed E-state index contributed by atoms with van der Waals surface area (Å²) in [7, 11) is 1.55. The van der Waals surface area contributed by atoms with Crippen LogP contribution in [0.25, 0.3) is 0 Å². The van der Waals surface area contributed by atoms with Crippen LogP contribution in [0.1, 0.15) is 24.2 Å². The number of aliphatic hydroxyl groups excluding tert-OH is 2. The second-order valence-electron chi connectivity index (χ2n) is 5.64. The van der Waals surface area contributed by atoms with E-state index in [0.717, 1.165) is 0 Å². The summed E-state index contributed by atoms with van der Waals surface area (Å²) in [6, 6.07) is 8.59. The summed E-state index contributed by atoms with van der Waals surface area (Å²) >= 11 is 0. The molecule has 0 saturated heterocycles. The van der Waals surface area contributed by atoms with Gasteiger partial charge in [-0.2, -0.15) is 0 Å². The molecule has 0 spiro atoms. The highest BCUT2D eigenvalue weighted by atomic mass is 16.6. The monoisotopic (exact) mass is 294 g/mol. The van der Waals surface area contributed by atoms with Gasteiger partial charge in [-0.1, -0.05) is 32.0 Å². The maximum absolute atomic E-state index is 12.1. The smallest absolute Gasteiger partial charge is 0.338 e. The highest BCUT2D eigenvalue weighted by Gasteiger charge is 2.48. The number of esters is 1. The van der Waals surface area contributed by atoms with Gasteiger partial charge in [0.15, 0.2) is 0 Å². The molecule has 2 N–H and O–H groups in total. The molecule has 1 aromatic rings. The Kier molecular flexibility index (Phi) is 4.98. The van der Waals surface area contributed by atoms with Gasteiger partial charge in [0.05, 0.1) is 17.8 Å². The topological polar surface area (TPSA) is 76.0 Å². The van der Waals surface area contributed by atoms with Gasteiger partial charge in [0, 0.05) is 18.9 Å². The van der Waals surface area contributed by atoms with Crippen molar-refractivity contribution >= 4 is 5.97 Å². The molecule has 6 atom stereocenters. The van der Waals surface area contributed by atoms with Crippen molar-refractivity contribution < 1.29 is 24.5 Å². The first kappa shape index (κ1) is 15.9. The van der Waals surface area contributed by atoms with E-state index in [-0.39, 0.29) is 17.9 Å². The molecule has 5 heteroatoms. The average Bonchev–Trinajstić information content (AvgIpc) is 2.51. The van der Waals surface area contributed by atoms with E-state index >= 15 is 0 Å². The van der Waals surface area contributed by atoms with Crippen molar-refractivity contribution in [3.05, 3.63) is 35.9 Å². The Balaban J connectivity index is 2.16. The Bertz CT molecular complexity index is 475. The molecule has 0 bridgehead atoms. The van der Waals surface area contributed by atoms with Gasteiger partial charge in [-0.05, 0) is 12.1 Å². The number of methoxy groups -OCH3 is 1. The van der Waals surface area contributed by atoms with E-state index in [9.17, 15) is 15.0 Å². The number of benzene rings is 1. The normalized spacial score (nSPS) is 36.2. The molecule has 0 aromatic heterocycles. The molecule has 1 aromatic carbocycles. The van der Waals surface area contributed by atoms with Crippen molar-refractivity contribution in [1.82, 2.24) is 0 Å². The molecule has 0 aliphatic heterocycles. The third-order valence-corrected chi connectivity index (χ3v) is 4.30. The summed E-state index contributed by atoms with van der Waals surface area (Å²) in [6.07, 6.45) is -3.18. The summed E-state index contributed by atoms with van der Waals surface area (Å²) < 4.78 is 10.8. The van der Waals surface area contributed by atoms with E-state index in [0.29, 0.717) is 5.56 Å². The lowest BCUT2D eigenvalue weighted by molar-refractivity contribution is -0.180. The predicted octanol–water partition coefficient (Wildman–Crippen LogP) is 1.23. The second kappa shape index (κ2) is 6.56. The van der Waals surface area contributed by atoms with Gasteiger partial charge in [-0.3, -0.25) is 0 Å². The minimum absolute atomic E-state index is 0.212. The van der Waals surface area contributed by atoms with Gasteiger partial charge in [-0.25, -0.2) is 4.79 Å². The minimum atomic E-state index is -1.12. The van der Waals surface area contributed by atoms with Gasteiger partial charge in [0.25, 0.3) is 0 Å². The van der Waals surface area contributed by atoms with Gasteiger partial charge in [-0.15, -0.1) is 0 Å². The highest BCUT2D eigenvalue weighted by Crippen LogP contribution is 2.34. The molecule has 0 unspecified atom stereocenters. The van der Waals surface area contributed by atoms with Crippen LogP contribution in [0.15, 0.2) is 30.3 Å². The van der Waals surface area contributed by atoms with Gasteiger partial charge in [0.1, 0.15) is 12.2 Å². The van der Waals surface area contributed by atoms with Crippen molar-refractivity contribution in [2.24, 2.45) is 11.8 Å². The quantitative estimate of drug-likeness (QED) is 0.820. The van der Waals surface area contributed by atoms with E-state index in [1.807, 2.05) is 13.8 Å². The number of hydrogen-bond donors (Lipinski definition) is 2. The molecule has 1 saturated carbocycles. The van der Waals surface area contributed by atoms with Crippen molar-refractivity contribution in [3.63, 3.8) is 0 Å². The maximum Gasteiger partial charge on any atom is 0.338 e. The van der Waals surface area contributed by atoms with E-state index < -0.39 is 24.3 Å². The fraction of sp³-hybridized carbons (Fsp3) is 0.562. The lowest BCUT2D eigenvalue weighted by Crippen LogP contribution is -2.58. The second-order valence-corrected chi connectivity index (χ2v) is 5.64. The molecule has 0 amide bonds. The molecule has 1 aliphatic carbocycles. The van der Waals surface area contributed by atoms with Crippen LogP contribution in [-0.2, 0) is 9.47 Å². The molecule has 1 fully saturated rings. The third kappa shape index (κ3) is 3.10. The molecule has 21 heavy (non-hydrogen) atoms. The summed E-state index contributed by atoms with van der Waals surface area (Å²) in [6.45, 7) is 3.66. The van der Waals surface area contributed by atoms with Crippen LogP contribution in [0, 0.1) is 11.8 Å². The number of hydrogen-bond acceptors (Lipinski definition) is 5. The van der Waals surface area contributed by atoms with E-state index in [1.54, 1.807) is 37.4 Å². The Morgan fingerprint density at radius 2 is 1.62 bits per heavy atom. The molecule has 0 heterocycles. The van der Waals surface area contributed by atoms with Crippen molar-refractivity contribution in [3.8, 4) is 0 Å². The van der Waals surface area contributed by atoms with Crippen molar-refractivity contribution in [2.75, 3.05) is 7.11 Å². The third-order valence-electron chi connectivity index (χ3n) is 4.30. The van der Waals surface area contributed by atoms with Crippen LogP contribution in [-0.4, -0.2) is 47.7 Å². The van der Waals surface area contributed by atoms with Crippen LogP contribution < -0.4 is 0 Å². The molecular formula is C16H22O5. The van der Waals surface area contributed by atoms with Crippen molar-refractivity contribution in [2.45, 2.75) is 38.3 Å². The van der Waals surface area contributed by atoms with Gasteiger partial charge >= 0.3 is 5.97 Å². The predicted molar refractivity (Wildman–Crippen MR) is 76.8 cm³/mol. The first-order valence-electron chi connectivity index (χ1n) is 7.12. The zero-order chi connectivity index (χ0) is 15.6. The van der Waals surface area contributed by atoms with Gasteiger partial charge < -0.3 is 19.7 Å². The molecule has 0 radical (unpaired) electrons. The lowest BCUT2D eigenvalue weighted by atomic mass is 9.75. The lowest BCUT2D eigenvalue weighted by Gasteiger charge is -2.44. The van der Waals surface area contributed by atoms with Crippen LogP contribution in [0.3, 0.4) is 0 Å². The summed E-state index contributed by atoms with van der Waals surface area (Å²) in [4.78, 5) is 12.1. The van der Waals surface area contributed by atoms with Crippen LogP contribution in [0.4, 0.5) is 0 Å². The van der Waals surface area contributed by atoms with Crippen LogP contribution >= 0.6 is 0 Å². The zero-order valence-electron chi connectivity index (χ0n) is 12.5. The van der Waals surface area contributed by atoms with Crippen LogP contribution in [0.2, 0.25) is 0 Å². The average molecular weight is 294 g/mol. The zero-order valence-corrected chi connectivity index (χ0v) is 12.5. The molecular weight excluding hydrogens is 272 g/mol. The highest BCUT2D eigenvalue weighted by molar-refractivity contribution is 5.89. The largest absolute Gasteiger partial charge is 0.456 e. The number of ether oxygens (including phenoxy) is 2. The summed E-state index contributed by atoms with van der Waals surface area (Å²) in [5, 5.41) is 20.3. The van der Waals surface area contributed by atoms with Gasteiger partial charge in [0.2, 0.25) is 0 Å².